The van der Waals surface area contributed by atoms with E-state index < -0.39 is 0 Å². The van der Waals surface area contributed by atoms with Crippen LogP contribution in [0.2, 0.25) is 0 Å². The van der Waals surface area contributed by atoms with Gasteiger partial charge in [-0.2, -0.15) is 0 Å². The van der Waals surface area contributed by atoms with Crippen LogP contribution in [0.15, 0.2) is 0 Å². The van der Waals surface area contributed by atoms with Gasteiger partial charge in [-0.3, -0.25) is 19.3 Å². The van der Waals surface area contributed by atoms with Crippen LogP contribution in [0.5, 0.6) is 0 Å². The van der Waals surface area contributed by atoms with Gasteiger partial charge in [0, 0.05) is 19.0 Å². The molecular formula is C17H25N3O4. The second kappa shape index (κ2) is 6.11. The predicted molar refractivity (Wildman–Crippen MR) is 84.5 cm³/mol. The Balaban J connectivity index is 1.32. The Bertz CT molecular complexity index is 538. The summed E-state index contributed by atoms with van der Waals surface area (Å²) in [6, 6.07) is 0.135. The molecule has 0 radical (unpaired) electrons. The van der Waals surface area contributed by atoms with Gasteiger partial charge in [0.05, 0.1) is 24.0 Å². The number of likely N-dealkylation sites (tertiary alicyclic amines) is 1. The van der Waals surface area contributed by atoms with Crippen molar-refractivity contribution in [2.45, 2.75) is 56.8 Å². The van der Waals surface area contributed by atoms with Crippen molar-refractivity contribution < 1.29 is 19.1 Å². The highest BCUT2D eigenvalue weighted by Gasteiger charge is 2.62. The fraction of sp³-hybridized carbons (Fsp3) is 0.824. The number of ether oxygens (including phenoxy) is 1. The van der Waals surface area contributed by atoms with Crippen LogP contribution in [-0.4, -0.2) is 54.0 Å². The molecule has 7 heteroatoms. The van der Waals surface area contributed by atoms with E-state index in [4.69, 9.17) is 10.5 Å². The minimum Gasteiger partial charge on any atom is -0.373 e. The lowest BCUT2D eigenvalue weighted by molar-refractivity contribution is -0.142. The number of rotatable bonds is 5. The lowest BCUT2D eigenvalue weighted by atomic mass is 9.81. The lowest BCUT2D eigenvalue weighted by Crippen LogP contribution is -2.42. The first kappa shape index (κ1) is 16.0. The van der Waals surface area contributed by atoms with Gasteiger partial charge < -0.3 is 15.8 Å². The van der Waals surface area contributed by atoms with Gasteiger partial charge in [-0.1, -0.05) is 6.42 Å². The van der Waals surface area contributed by atoms with Crippen LogP contribution in [0.25, 0.3) is 0 Å². The smallest absolute Gasteiger partial charge is 0.235 e. The van der Waals surface area contributed by atoms with Gasteiger partial charge in [-0.15, -0.1) is 0 Å². The fourth-order valence-electron chi connectivity index (χ4n) is 5.00. The molecule has 0 aromatic carbocycles. The van der Waals surface area contributed by atoms with E-state index in [2.05, 4.69) is 5.32 Å². The summed E-state index contributed by atoms with van der Waals surface area (Å²) >= 11 is 0. The Morgan fingerprint density at radius 1 is 1.12 bits per heavy atom. The second-order valence-electron chi connectivity index (χ2n) is 7.52. The third-order valence-electron chi connectivity index (χ3n) is 6.25. The minimum absolute atomic E-state index is 0.0981. The molecule has 6 unspecified atom stereocenters. The van der Waals surface area contributed by atoms with Crippen molar-refractivity contribution in [3.8, 4) is 0 Å². The van der Waals surface area contributed by atoms with Gasteiger partial charge in [-0.25, -0.2) is 0 Å². The second-order valence-corrected chi connectivity index (χ2v) is 7.52. The zero-order valence-electron chi connectivity index (χ0n) is 13.8. The summed E-state index contributed by atoms with van der Waals surface area (Å²) in [7, 11) is 0. The molecule has 1 saturated carbocycles. The SMILES string of the molecule is NCC1CCCC1NC(=O)CCN1C(=O)C2C3CCC(O3)C2C1=O. The molecule has 0 aromatic heterocycles. The van der Waals surface area contributed by atoms with Crippen LogP contribution < -0.4 is 11.1 Å². The summed E-state index contributed by atoms with van der Waals surface area (Å²) in [6.45, 7) is 0.760. The molecular weight excluding hydrogens is 310 g/mol. The van der Waals surface area contributed by atoms with Crippen LogP contribution >= 0.6 is 0 Å². The van der Waals surface area contributed by atoms with Crippen molar-refractivity contribution in [2.24, 2.45) is 23.5 Å². The predicted octanol–water partition coefficient (Wildman–Crippen LogP) is -0.217. The maximum atomic E-state index is 12.5. The number of nitrogens with zero attached hydrogens (tertiary/aromatic N) is 1. The molecule has 3 amide bonds. The molecule has 3 aliphatic heterocycles. The maximum Gasteiger partial charge on any atom is 0.235 e. The highest BCUT2D eigenvalue weighted by atomic mass is 16.5. The molecule has 7 nitrogen and oxygen atoms in total. The van der Waals surface area contributed by atoms with Crippen molar-refractivity contribution in [1.29, 1.82) is 0 Å². The first-order valence-corrected chi connectivity index (χ1v) is 9.10. The normalized spacial score (nSPS) is 40.5. The van der Waals surface area contributed by atoms with Crippen LogP contribution in [0, 0.1) is 17.8 Å². The molecule has 2 bridgehead atoms. The molecule has 24 heavy (non-hydrogen) atoms. The Hall–Kier alpha value is -1.47. The van der Waals surface area contributed by atoms with E-state index in [1.807, 2.05) is 0 Å². The van der Waals surface area contributed by atoms with Crippen molar-refractivity contribution in [3.63, 3.8) is 0 Å². The van der Waals surface area contributed by atoms with Crippen LogP contribution in [-0.2, 0) is 19.1 Å². The Labute approximate surface area is 141 Å². The number of nitrogens with two attached hydrogens (primary N) is 1. The van der Waals surface area contributed by atoms with Gasteiger partial charge in [0.15, 0.2) is 0 Å². The number of hydrogen-bond acceptors (Lipinski definition) is 5. The first-order valence-electron chi connectivity index (χ1n) is 9.10. The Kier molecular flexibility index (Phi) is 4.08. The van der Waals surface area contributed by atoms with Gasteiger partial charge in [-0.05, 0) is 38.1 Å². The summed E-state index contributed by atoms with van der Waals surface area (Å²) in [5, 5.41) is 3.02. The third kappa shape index (κ3) is 2.45. The average molecular weight is 335 g/mol. The van der Waals surface area contributed by atoms with E-state index in [0.29, 0.717) is 12.5 Å². The number of nitrogens with one attached hydrogen (secondary N) is 1. The summed E-state index contributed by atoms with van der Waals surface area (Å²) < 4.78 is 5.71. The largest absolute Gasteiger partial charge is 0.373 e. The molecule has 0 spiro atoms. The van der Waals surface area contributed by atoms with Gasteiger partial charge in [0.1, 0.15) is 0 Å². The van der Waals surface area contributed by atoms with Gasteiger partial charge in [0.2, 0.25) is 17.7 Å². The van der Waals surface area contributed by atoms with Crippen LogP contribution in [0.3, 0.4) is 0 Å². The number of carbonyl (C=O) groups excluding carboxylic acids is 3. The fourth-order valence-corrected chi connectivity index (χ4v) is 5.00. The molecule has 3 saturated heterocycles. The third-order valence-corrected chi connectivity index (χ3v) is 6.25. The monoisotopic (exact) mass is 335 g/mol. The van der Waals surface area contributed by atoms with E-state index in [1.165, 1.54) is 4.90 Å². The molecule has 132 valence electrons. The van der Waals surface area contributed by atoms with Crippen molar-refractivity contribution in [3.05, 3.63) is 0 Å². The molecule has 6 atom stereocenters. The van der Waals surface area contributed by atoms with E-state index in [0.717, 1.165) is 32.1 Å². The quantitative estimate of drug-likeness (QED) is 0.677. The molecule has 1 aliphatic carbocycles. The number of imide groups is 1. The zero-order chi connectivity index (χ0) is 16.8. The summed E-state index contributed by atoms with van der Waals surface area (Å²) in [6.07, 6.45) is 4.79. The molecule has 4 rings (SSSR count). The number of fused-ring (bicyclic) bond motifs is 5. The highest BCUT2D eigenvalue weighted by molar-refractivity contribution is 6.06. The van der Waals surface area contributed by atoms with Crippen LogP contribution in [0.4, 0.5) is 0 Å². The molecule has 4 aliphatic rings. The maximum absolute atomic E-state index is 12.5. The summed E-state index contributed by atoms with van der Waals surface area (Å²) in [5.74, 6) is -0.670. The summed E-state index contributed by atoms with van der Waals surface area (Å²) in [4.78, 5) is 38.5. The Morgan fingerprint density at radius 2 is 1.79 bits per heavy atom. The average Bonchev–Trinajstić information content (AvgIpc) is 3.31. The van der Waals surface area contributed by atoms with Crippen LogP contribution in [0.1, 0.15) is 38.5 Å². The van der Waals surface area contributed by atoms with Crippen molar-refractivity contribution in [2.75, 3.05) is 13.1 Å². The Morgan fingerprint density at radius 3 is 2.42 bits per heavy atom. The van der Waals surface area contributed by atoms with Crippen molar-refractivity contribution in [1.82, 2.24) is 10.2 Å². The standard InChI is InChI=1S/C17H25N3O4/c18-8-9-2-1-3-10(9)19-13(21)6-7-20-16(22)14-11-4-5-12(24-11)15(14)17(20)23/h9-12,14-15H,1-8,18H2,(H,19,21). The molecule has 0 aromatic rings. The van der Waals surface area contributed by atoms with Crippen molar-refractivity contribution >= 4 is 17.7 Å². The molecule has 3 N–H and O–H groups in total. The van der Waals surface area contributed by atoms with Gasteiger partial charge >= 0.3 is 0 Å². The number of carbonyl (C=O) groups is 3. The van der Waals surface area contributed by atoms with E-state index in [1.54, 1.807) is 0 Å². The lowest BCUT2D eigenvalue weighted by Gasteiger charge is -2.21. The topological polar surface area (TPSA) is 102 Å². The first-order chi connectivity index (χ1) is 11.6. The number of amides is 3. The van der Waals surface area contributed by atoms with E-state index in [9.17, 15) is 14.4 Å². The molecule has 3 heterocycles. The summed E-state index contributed by atoms with van der Waals surface area (Å²) in [5.41, 5.74) is 5.73. The van der Waals surface area contributed by atoms with Gasteiger partial charge in [0.25, 0.3) is 0 Å². The molecule has 4 fully saturated rings. The number of hydrogen-bond donors (Lipinski definition) is 2. The highest BCUT2D eigenvalue weighted by Crippen LogP contribution is 2.48. The zero-order valence-corrected chi connectivity index (χ0v) is 13.8. The van der Waals surface area contributed by atoms with E-state index in [-0.39, 0.29) is 60.8 Å². The van der Waals surface area contributed by atoms with E-state index >= 15 is 0 Å². The minimum atomic E-state index is -0.309.